The molecule has 32 heavy (non-hydrogen) atoms. The molecule has 0 aliphatic carbocycles. The molecule has 0 bridgehead atoms. The van der Waals surface area contributed by atoms with Crippen molar-refractivity contribution < 1.29 is 13.9 Å². The average molecular weight is 476 g/mol. The van der Waals surface area contributed by atoms with E-state index in [9.17, 15) is 4.79 Å². The molecule has 0 spiro atoms. The van der Waals surface area contributed by atoms with Gasteiger partial charge in [0.15, 0.2) is 5.43 Å². The standard InChI is InChI=1S/C25H27Cl2NO4/c1-17(2)8-13-31-19-5-6-20-24(15-19)32-16-21(25(20)29)18-4-7-23(30-3)22(14-18)28(11-9-26)12-10-27/h4-8,14-16H,9-13H2,1-3H3. The molecule has 0 aliphatic heterocycles. The monoisotopic (exact) mass is 475 g/mol. The molecule has 0 radical (unpaired) electrons. The van der Waals surface area contributed by atoms with Crippen molar-refractivity contribution in [3.05, 3.63) is 64.5 Å². The fraction of sp³-hybridized carbons (Fsp3) is 0.320. The van der Waals surface area contributed by atoms with Gasteiger partial charge in [0.1, 0.15) is 30.0 Å². The average Bonchev–Trinajstić information content (AvgIpc) is 2.78. The fourth-order valence-corrected chi connectivity index (χ4v) is 3.77. The van der Waals surface area contributed by atoms with Crippen LogP contribution in [0.2, 0.25) is 0 Å². The molecule has 0 unspecified atom stereocenters. The van der Waals surface area contributed by atoms with E-state index < -0.39 is 0 Å². The van der Waals surface area contributed by atoms with Crippen molar-refractivity contribution in [1.29, 1.82) is 0 Å². The van der Waals surface area contributed by atoms with Gasteiger partial charge in [-0.15, -0.1) is 23.2 Å². The van der Waals surface area contributed by atoms with Crippen LogP contribution < -0.4 is 19.8 Å². The van der Waals surface area contributed by atoms with Crippen LogP contribution in [-0.2, 0) is 0 Å². The number of allylic oxidation sites excluding steroid dienone is 1. The Morgan fingerprint density at radius 3 is 2.50 bits per heavy atom. The van der Waals surface area contributed by atoms with Crippen LogP contribution in [0.3, 0.4) is 0 Å². The predicted molar refractivity (Wildman–Crippen MR) is 133 cm³/mol. The summed E-state index contributed by atoms with van der Waals surface area (Å²) in [6.07, 6.45) is 3.48. The summed E-state index contributed by atoms with van der Waals surface area (Å²) >= 11 is 12.0. The zero-order chi connectivity index (χ0) is 23.1. The number of hydrogen-bond donors (Lipinski definition) is 0. The Balaban J connectivity index is 2.00. The van der Waals surface area contributed by atoms with Crippen molar-refractivity contribution in [2.45, 2.75) is 13.8 Å². The van der Waals surface area contributed by atoms with Crippen molar-refractivity contribution in [3.8, 4) is 22.6 Å². The van der Waals surface area contributed by atoms with Gasteiger partial charge in [0, 0.05) is 30.9 Å². The van der Waals surface area contributed by atoms with Gasteiger partial charge in [0.05, 0.1) is 23.7 Å². The Labute approximate surface area is 198 Å². The van der Waals surface area contributed by atoms with E-state index in [1.54, 1.807) is 25.3 Å². The van der Waals surface area contributed by atoms with Gasteiger partial charge in [-0.25, -0.2) is 0 Å². The summed E-state index contributed by atoms with van der Waals surface area (Å²) in [4.78, 5) is 15.3. The van der Waals surface area contributed by atoms with Crippen LogP contribution in [0.1, 0.15) is 13.8 Å². The van der Waals surface area contributed by atoms with E-state index >= 15 is 0 Å². The number of hydrogen-bond acceptors (Lipinski definition) is 5. The molecule has 170 valence electrons. The maximum atomic E-state index is 13.2. The lowest BCUT2D eigenvalue weighted by atomic mass is 10.0. The summed E-state index contributed by atoms with van der Waals surface area (Å²) in [5.41, 5.74) is 3.57. The second-order valence-corrected chi connectivity index (χ2v) is 8.24. The van der Waals surface area contributed by atoms with E-state index in [1.165, 1.54) is 11.8 Å². The van der Waals surface area contributed by atoms with Crippen LogP contribution in [0, 0.1) is 0 Å². The van der Waals surface area contributed by atoms with Gasteiger partial charge < -0.3 is 18.8 Å². The number of anilines is 1. The molecule has 0 fully saturated rings. The highest BCUT2D eigenvalue weighted by Crippen LogP contribution is 2.33. The van der Waals surface area contributed by atoms with E-state index in [1.807, 2.05) is 43.0 Å². The SMILES string of the molecule is COc1ccc(-c2coc3cc(OCC=C(C)C)ccc3c2=O)cc1N(CCCl)CCCl. The summed E-state index contributed by atoms with van der Waals surface area (Å²) in [6, 6.07) is 10.8. The third-order valence-electron chi connectivity index (χ3n) is 5.03. The lowest BCUT2D eigenvalue weighted by molar-refractivity contribution is 0.362. The summed E-state index contributed by atoms with van der Waals surface area (Å²) in [6.45, 7) is 5.71. The second kappa shape index (κ2) is 11.3. The first-order valence-corrected chi connectivity index (χ1v) is 11.4. The topological polar surface area (TPSA) is 51.9 Å². The minimum Gasteiger partial charge on any atom is -0.495 e. The zero-order valence-electron chi connectivity index (χ0n) is 18.5. The van der Waals surface area contributed by atoms with E-state index in [4.69, 9.17) is 37.1 Å². The van der Waals surface area contributed by atoms with Gasteiger partial charge in [-0.1, -0.05) is 11.6 Å². The van der Waals surface area contributed by atoms with E-state index in [0.717, 1.165) is 11.3 Å². The van der Waals surface area contributed by atoms with Gasteiger partial charge >= 0.3 is 0 Å². The molecule has 0 saturated carbocycles. The highest BCUT2D eigenvalue weighted by Gasteiger charge is 2.16. The smallest absolute Gasteiger partial charge is 0.200 e. The number of halogens is 2. The number of ether oxygens (including phenoxy) is 2. The Morgan fingerprint density at radius 2 is 1.84 bits per heavy atom. The van der Waals surface area contributed by atoms with Crippen LogP contribution in [0.15, 0.2) is 63.5 Å². The first-order chi connectivity index (χ1) is 15.5. The molecule has 2 aromatic carbocycles. The number of nitrogens with zero attached hydrogens (tertiary/aromatic N) is 1. The minimum absolute atomic E-state index is 0.112. The predicted octanol–water partition coefficient (Wildman–Crippen LogP) is 6.10. The maximum absolute atomic E-state index is 13.2. The van der Waals surface area contributed by atoms with Crippen LogP contribution in [0.5, 0.6) is 11.5 Å². The number of alkyl halides is 2. The third kappa shape index (κ3) is 5.59. The Morgan fingerprint density at radius 1 is 1.09 bits per heavy atom. The molecule has 3 rings (SSSR count). The highest BCUT2D eigenvalue weighted by molar-refractivity contribution is 6.18. The molecular weight excluding hydrogens is 449 g/mol. The zero-order valence-corrected chi connectivity index (χ0v) is 20.0. The summed E-state index contributed by atoms with van der Waals surface area (Å²) in [5, 5.41) is 0.493. The van der Waals surface area contributed by atoms with Gasteiger partial charge in [0.2, 0.25) is 0 Å². The van der Waals surface area contributed by atoms with E-state index in [0.29, 0.717) is 59.5 Å². The molecule has 0 amide bonds. The van der Waals surface area contributed by atoms with Crippen LogP contribution in [0.4, 0.5) is 5.69 Å². The van der Waals surface area contributed by atoms with Crippen LogP contribution in [-0.4, -0.2) is 38.6 Å². The quantitative estimate of drug-likeness (QED) is 0.262. The molecule has 1 aromatic heterocycles. The fourth-order valence-electron chi connectivity index (χ4n) is 3.36. The number of benzene rings is 2. The largest absolute Gasteiger partial charge is 0.495 e. The van der Waals surface area contributed by atoms with Crippen LogP contribution in [0.25, 0.3) is 22.1 Å². The highest BCUT2D eigenvalue weighted by atomic mass is 35.5. The third-order valence-corrected chi connectivity index (χ3v) is 5.37. The molecular formula is C25H27Cl2NO4. The maximum Gasteiger partial charge on any atom is 0.200 e. The van der Waals surface area contributed by atoms with Crippen molar-refractivity contribution in [1.82, 2.24) is 0 Å². The van der Waals surface area contributed by atoms with Crippen LogP contribution >= 0.6 is 23.2 Å². The van der Waals surface area contributed by atoms with E-state index in [2.05, 4.69) is 0 Å². The number of rotatable bonds is 10. The van der Waals surface area contributed by atoms with Crippen molar-refractivity contribution in [2.24, 2.45) is 0 Å². The van der Waals surface area contributed by atoms with Gasteiger partial charge in [-0.3, -0.25) is 4.79 Å². The second-order valence-electron chi connectivity index (χ2n) is 7.48. The number of fused-ring (bicyclic) bond motifs is 1. The summed E-state index contributed by atoms with van der Waals surface area (Å²) in [5.74, 6) is 2.23. The van der Waals surface area contributed by atoms with Crippen molar-refractivity contribution in [3.63, 3.8) is 0 Å². The molecule has 0 atom stereocenters. The normalized spacial score (nSPS) is 10.8. The molecule has 7 heteroatoms. The first-order valence-electron chi connectivity index (χ1n) is 10.4. The molecule has 1 heterocycles. The molecule has 0 aliphatic rings. The first kappa shape index (κ1) is 24.0. The van der Waals surface area contributed by atoms with Gasteiger partial charge in [-0.2, -0.15) is 0 Å². The lowest BCUT2D eigenvalue weighted by Crippen LogP contribution is -2.28. The minimum atomic E-state index is -0.112. The van der Waals surface area contributed by atoms with Crippen molar-refractivity contribution >= 4 is 39.9 Å². The van der Waals surface area contributed by atoms with Gasteiger partial charge in [-0.05, 0) is 49.8 Å². The molecule has 0 saturated heterocycles. The Bertz CT molecular complexity index is 1150. The molecule has 0 N–H and O–H groups in total. The Kier molecular flexibility index (Phi) is 8.48. The molecule has 3 aromatic rings. The lowest BCUT2D eigenvalue weighted by Gasteiger charge is -2.25. The molecule has 5 nitrogen and oxygen atoms in total. The summed E-state index contributed by atoms with van der Waals surface area (Å²) in [7, 11) is 1.61. The van der Waals surface area contributed by atoms with Gasteiger partial charge in [0.25, 0.3) is 0 Å². The Hall–Kier alpha value is -2.63. The van der Waals surface area contributed by atoms with Crippen molar-refractivity contribution in [2.75, 3.05) is 43.5 Å². The number of methoxy groups -OCH3 is 1. The van der Waals surface area contributed by atoms with E-state index in [-0.39, 0.29) is 5.43 Å². The summed E-state index contributed by atoms with van der Waals surface area (Å²) < 4.78 is 17.1.